The van der Waals surface area contributed by atoms with Gasteiger partial charge in [-0.3, -0.25) is 4.79 Å². The largest absolute Gasteiger partial charge is 0.357 e. The van der Waals surface area contributed by atoms with Crippen LogP contribution in [0.3, 0.4) is 0 Å². The molecule has 8 nitrogen and oxygen atoms in total. The van der Waals surface area contributed by atoms with Crippen molar-refractivity contribution in [1.29, 1.82) is 5.26 Å². The number of aromatic nitrogens is 4. The van der Waals surface area contributed by atoms with Gasteiger partial charge in [0.25, 0.3) is 0 Å². The molecule has 0 aliphatic rings. The summed E-state index contributed by atoms with van der Waals surface area (Å²) in [5.74, 6) is 0.0204. The smallest absolute Gasteiger partial charge is 0.244 e. The van der Waals surface area contributed by atoms with Crippen molar-refractivity contribution in [3.63, 3.8) is 0 Å². The van der Waals surface area contributed by atoms with Crippen LogP contribution < -0.4 is 10.6 Å². The SMILES string of the molecule is CNC(=O)C(C)(C)Nc1ncc(C#N)c(-c2c[nH]c3ncc(Cl)cc23)n1. The highest BCUT2D eigenvalue weighted by Gasteiger charge is 2.27. The molecule has 0 saturated heterocycles. The van der Waals surface area contributed by atoms with E-state index in [1.807, 2.05) is 0 Å². The summed E-state index contributed by atoms with van der Waals surface area (Å²) < 4.78 is 0. The highest BCUT2D eigenvalue weighted by molar-refractivity contribution is 6.31. The van der Waals surface area contributed by atoms with E-state index in [9.17, 15) is 10.1 Å². The summed E-state index contributed by atoms with van der Waals surface area (Å²) in [5, 5.41) is 16.2. The average Bonchev–Trinajstić information content (AvgIpc) is 3.03. The molecule has 0 aliphatic carbocycles. The fourth-order valence-electron chi connectivity index (χ4n) is 2.55. The number of fused-ring (bicyclic) bond motifs is 1. The molecule has 0 atom stereocenters. The molecule has 0 aromatic carbocycles. The Balaban J connectivity index is 2.10. The third-order valence-corrected chi connectivity index (χ3v) is 4.09. The lowest BCUT2D eigenvalue weighted by molar-refractivity contribution is -0.124. The molecular weight excluding hydrogens is 354 g/mol. The van der Waals surface area contributed by atoms with E-state index in [1.165, 1.54) is 12.4 Å². The molecule has 26 heavy (non-hydrogen) atoms. The van der Waals surface area contributed by atoms with Gasteiger partial charge in [-0.25, -0.2) is 15.0 Å². The molecule has 0 saturated carbocycles. The highest BCUT2D eigenvalue weighted by Crippen LogP contribution is 2.30. The zero-order valence-corrected chi connectivity index (χ0v) is 15.1. The van der Waals surface area contributed by atoms with Gasteiger partial charge >= 0.3 is 0 Å². The first-order chi connectivity index (χ1) is 12.4. The van der Waals surface area contributed by atoms with Crippen LogP contribution in [0.4, 0.5) is 5.95 Å². The van der Waals surface area contributed by atoms with Gasteiger partial charge in [-0.2, -0.15) is 5.26 Å². The van der Waals surface area contributed by atoms with Crippen molar-refractivity contribution in [2.75, 3.05) is 12.4 Å². The van der Waals surface area contributed by atoms with Crippen molar-refractivity contribution >= 4 is 34.5 Å². The Hall–Kier alpha value is -3.18. The minimum Gasteiger partial charge on any atom is -0.357 e. The molecule has 0 radical (unpaired) electrons. The molecule has 0 fully saturated rings. The summed E-state index contributed by atoms with van der Waals surface area (Å²) in [6, 6.07) is 3.84. The number of halogens is 1. The third-order valence-electron chi connectivity index (χ3n) is 3.88. The molecule has 3 heterocycles. The number of nitriles is 1. The second-order valence-electron chi connectivity index (χ2n) is 6.15. The molecule has 3 aromatic heterocycles. The Labute approximate surface area is 154 Å². The average molecular weight is 370 g/mol. The molecule has 0 bridgehead atoms. The number of hydrogen-bond donors (Lipinski definition) is 3. The van der Waals surface area contributed by atoms with Gasteiger partial charge in [-0.1, -0.05) is 11.6 Å². The molecule has 1 amide bonds. The maximum Gasteiger partial charge on any atom is 0.244 e. The van der Waals surface area contributed by atoms with Crippen LogP contribution in [0.25, 0.3) is 22.3 Å². The number of amides is 1. The van der Waals surface area contributed by atoms with Crippen LogP contribution in [0.2, 0.25) is 5.02 Å². The zero-order valence-electron chi connectivity index (χ0n) is 14.4. The van der Waals surface area contributed by atoms with E-state index in [2.05, 4.69) is 36.6 Å². The molecule has 0 unspecified atom stereocenters. The molecule has 9 heteroatoms. The number of likely N-dealkylation sites (N-methyl/N-ethyl adjacent to an activating group) is 1. The van der Waals surface area contributed by atoms with Crippen molar-refractivity contribution in [3.05, 3.63) is 35.2 Å². The molecule has 3 aromatic rings. The number of carbonyl (C=O) groups is 1. The van der Waals surface area contributed by atoms with Crippen LogP contribution >= 0.6 is 11.6 Å². The summed E-state index contributed by atoms with van der Waals surface area (Å²) in [5.41, 5.74) is 1.11. The number of H-pyrrole nitrogens is 1. The van der Waals surface area contributed by atoms with Gasteiger partial charge < -0.3 is 15.6 Å². The fraction of sp³-hybridized carbons (Fsp3) is 0.235. The van der Waals surface area contributed by atoms with E-state index >= 15 is 0 Å². The Kier molecular flexibility index (Phi) is 4.49. The first-order valence-corrected chi connectivity index (χ1v) is 8.14. The van der Waals surface area contributed by atoms with Crippen molar-refractivity contribution in [2.24, 2.45) is 0 Å². The Morgan fingerprint density at radius 2 is 2.12 bits per heavy atom. The fourth-order valence-corrected chi connectivity index (χ4v) is 2.71. The molecule has 3 N–H and O–H groups in total. The number of carbonyl (C=O) groups excluding carboxylic acids is 1. The third kappa shape index (κ3) is 3.17. The maximum atomic E-state index is 12.0. The Morgan fingerprint density at radius 1 is 1.35 bits per heavy atom. The van der Waals surface area contributed by atoms with E-state index in [0.717, 1.165) is 5.39 Å². The van der Waals surface area contributed by atoms with Gasteiger partial charge in [0.1, 0.15) is 17.3 Å². The number of pyridine rings is 1. The summed E-state index contributed by atoms with van der Waals surface area (Å²) in [6.07, 6.45) is 4.67. The predicted octanol–water partition coefficient (Wildman–Crippen LogP) is 2.48. The number of hydrogen-bond acceptors (Lipinski definition) is 6. The van der Waals surface area contributed by atoms with Gasteiger partial charge in [0.05, 0.1) is 22.5 Å². The van der Waals surface area contributed by atoms with E-state index in [1.54, 1.807) is 33.2 Å². The molecule has 0 spiro atoms. The summed E-state index contributed by atoms with van der Waals surface area (Å²) >= 11 is 6.05. The van der Waals surface area contributed by atoms with Gasteiger partial charge in [-0.15, -0.1) is 0 Å². The maximum absolute atomic E-state index is 12.0. The van der Waals surface area contributed by atoms with Crippen LogP contribution in [0.1, 0.15) is 19.4 Å². The van der Waals surface area contributed by atoms with E-state index in [4.69, 9.17) is 11.6 Å². The highest BCUT2D eigenvalue weighted by atomic mass is 35.5. The zero-order chi connectivity index (χ0) is 18.9. The summed E-state index contributed by atoms with van der Waals surface area (Å²) in [6.45, 7) is 3.42. The lowest BCUT2D eigenvalue weighted by Crippen LogP contribution is -2.47. The molecule has 0 aliphatic heterocycles. The predicted molar refractivity (Wildman–Crippen MR) is 98.6 cm³/mol. The Bertz CT molecular complexity index is 1040. The van der Waals surface area contributed by atoms with Crippen molar-refractivity contribution < 1.29 is 4.79 Å². The summed E-state index contributed by atoms with van der Waals surface area (Å²) in [7, 11) is 1.56. The topological polar surface area (TPSA) is 119 Å². The molecular formula is C17H16ClN7O. The van der Waals surface area contributed by atoms with Crippen LogP contribution in [0.5, 0.6) is 0 Å². The number of rotatable bonds is 4. The van der Waals surface area contributed by atoms with Gasteiger partial charge in [0, 0.05) is 30.4 Å². The van der Waals surface area contributed by atoms with E-state index in [0.29, 0.717) is 27.5 Å². The number of nitrogens with one attached hydrogen (secondary N) is 3. The minimum atomic E-state index is -0.925. The molecule has 3 rings (SSSR count). The quantitative estimate of drug-likeness (QED) is 0.650. The van der Waals surface area contributed by atoms with Gasteiger partial charge in [0.2, 0.25) is 11.9 Å². The second kappa shape index (κ2) is 6.61. The van der Waals surface area contributed by atoms with Crippen LogP contribution in [0, 0.1) is 11.3 Å². The van der Waals surface area contributed by atoms with Crippen molar-refractivity contribution in [3.8, 4) is 17.3 Å². The lowest BCUT2D eigenvalue weighted by Gasteiger charge is -2.24. The monoisotopic (exact) mass is 369 g/mol. The van der Waals surface area contributed by atoms with E-state index in [-0.39, 0.29) is 11.9 Å². The standard InChI is InChI=1S/C17H16ClN7O/c1-17(2,15(26)20-3)25-16-23-6-9(5-19)13(24-16)12-8-22-14-11(12)4-10(18)7-21-14/h4,6-8H,1-3H3,(H,20,26)(H,21,22)(H,23,24,25). The second-order valence-corrected chi connectivity index (χ2v) is 6.59. The first-order valence-electron chi connectivity index (χ1n) is 7.76. The first kappa shape index (κ1) is 17.6. The number of nitrogens with zero attached hydrogens (tertiary/aromatic N) is 4. The minimum absolute atomic E-state index is 0.213. The molecule has 132 valence electrons. The van der Waals surface area contributed by atoms with E-state index < -0.39 is 5.54 Å². The van der Waals surface area contributed by atoms with Crippen molar-refractivity contribution in [1.82, 2.24) is 25.3 Å². The number of aromatic amines is 1. The van der Waals surface area contributed by atoms with Crippen LogP contribution in [-0.4, -0.2) is 38.4 Å². The Morgan fingerprint density at radius 3 is 2.81 bits per heavy atom. The lowest BCUT2D eigenvalue weighted by atomic mass is 10.1. The summed E-state index contributed by atoms with van der Waals surface area (Å²) in [4.78, 5) is 27.8. The van der Waals surface area contributed by atoms with Gasteiger partial charge in [-0.05, 0) is 19.9 Å². The van der Waals surface area contributed by atoms with Crippen molar-refractivity contribution in [2.45, 2.75) is 19.4 Å². The normalized spacial score (nSPS) is 11.2. The van der Waals surface area contributed by atoms with Crippen LogP contribution in [-0.2, 0) is 4.79 Å². The number of anilines is 1. The van der Waals surface area contributed by atoms with Gasteiger partial charge in [0.15, 0.2) is 0 Å². The van der Waals surface area contributed by atoms with Crippen LogP contribution in [0.15, 0.2) is 24.7 Å².